The minimum absolute atomic E-state index is 0.0308. The van der Waals surface area contributed by atoms with Gasteiger partial charge in [-0.1, -0.05) is 26.8 Å². The maximum Gasteiger partial charge on any atom is 0.318 e. The maximum absolute atomic E-state index is 12.7. The van der Waals surface area contributed by atoms with Crippen molar-refractivity contribution in [2.75, 3.05) is 19.6 Å². The van der Waals surface area contributed by atoms with Crippen molar-refractivity contribution in [2.45, 2.75) is 51.7 Å². The molecule has 1 saturated carbocycles. The SMILES string of the molecule is CCN(CC(=O)O)C1CC(NC(=O)N2CC(C)(C)C2c2cccnc2)C1. The Morgan fingerprint density at radius 1 is 1.42 bits per heavy atom. The average molecular weight is 360 g/mol. The highest BCUT2D eigenvalue weighted by atomic mass is 16.4. The molecule has 1 aliphatic heterocycles. The molecule has 3 rings (SSSR count). The molecule has 1 unspecified atom stereocenters. The van der Waals surface area contributed by atoms with Crippen LogP contribution in [-0.2, 0) is 4.79 Å². The summed E-state index contributed by atoms with van der Waals surface area (Å²) in [5, 5.41) is 12.1. The lowest BCUT2D eigenvalue weighted by Gasteiger charge is -2.55. The van der Waals surface area contributed by atoms with Gasteiger partial charge in [0, 0.05) is 36.4 Å². The number of amides is 2. The summed E-state index contributed by atoms with van der Waals surface area (Å²) in [5.41, 5.74) is 1.09. The van der Waals surface area contributed by atoms with Crippen molar-refractivity contribution in [2.24, 2.45) is 5.41 Å². The van der Waals surface area contributed by atoms with Crippen molar-refractivity contribution >= 4 is 12.0 Å². The molecule has 1 saturated heterocycles. The summed E-state index contributed by atoms with van der Waals surface area (Å²) in [6.07, 6.45) is 5.18. The zero-order valence-electron chi connectivity index (χ0n) is 15.7. The first-order valence-electron chi connectivity index (χ1n) is 9.24. The summed E-state index contributed by atoms with van der Waals surface area (Å²) < 4.78 is 0. The average Bonchev–Trinajstić information content (AvgIpc) is 2.54. The van der Waals surface area contributed by atoms with Crippen molar-refractivity contribution in [3.63, 3.8) is 0 Å². The highest BCUT2D eigenvalue weighted by molar-refractivity contribution is 5.76. The van der Waals surface area contributed by atoms with Gasteiger partial charge in [-0.2, -0.15) is 0 Å². The number of aromatic nitrogens is 1. The molecule has 2 aliphatic rings. The molecular weight excluding hydrogens is 332 g/mol. The third-order valence-corrected chi connectivity index (χ3v) is 5.59. The summed E-state index contributed by atoms with van der Waals surface area (Å²) in [6, 6.07) is 4.27. The summed E-state index contributed by atoms with van der Waals surface area (Å²) in [4.78, 5) is 31.6. The molecule has 7 heteroatoms. The Morgan fingerprint density at radius 3 is 2.69 bits per heavy atom. The van der Waals surface area contributed by atoms with Gasteiger partial charge in [-0.15, -0.1) is 0 Å². The Hall–Kier alpha value is -2.15. The quantitative estimate of drug-likeness (QED) is 0.811. The highest BCUT2D eigenvalue weighted by Gasteiger charge is 2.49. The lowest BCUT2D eigenvalue weighted by atomic mass is 9.72. The number of pyridine rings is 1. The number of hydrogen-bond acceptors (Lipinski definition) is 4. The topological polar surface area (TPSA) is 85.8 Å². The molecule has 1 atom stereocenters. The van der Waals surface area contributed by atoms with E-state index in [9.17, 15) is 9.59 Å². The van der Waals surface area contributed by atoms with Gasteiger partial charge in [0.1, 0.15) is 0 Å². The molecule has 142 valence electrons. The molecule has 1 aromatic rings. The monoisotopic (exact) mass is 360 g/mol. The van der Waals surface area contributed by atoms with E-state index < -0.39 is 5.97 Å². The molecule has 2 N–H and O–H groups in total. The lowest BCUT2D eigenvalue weighted by molar-refractivity contribution is -0.139. The molecule has 2 fully saturated rings. The van der Waals surface area contributed by atoms with Gasteiger partial charge in [-0.3, -0.25) is 14.7 Å². The number of nitrogens with zero attached hydrogens (tertiary/aromatic N) is 3. The number of hydrogen-bond donors (Lipinski definition) is 2. The van der Waals surface area contributed by atoms with Crippen molar-refractivity contribution in [1.82, 2.24) is 20.1 Å². The lowest BCUT2D eigenvalue weighted by Crippen LogP contribution is -2.63. The number of carbonyl (C=O) groups is 2. The first-order chi connectivity index (χ1) is 12.3. The number of rotatable bonds is 6. The van der Waals surface area contributed by atoms with Crippen molar-refractivity contribution in [1.29, 1.82) is 0 Å². The zero-order chi connectivity index (χ0) is 18.9. The van der Waals surface area contributed by atoms with E-state index in [1.807, 2.05) is 35.1 Å². The molecule has 0 radical (unpaired) electrons. The van der Waals surface area contributed by atoms with Gasteiger partial charge in [0.2, 0.25) is 0 Å². The molecule has 1 aliphatic carbocycles. The maximum atomic E-state index is 12.7. The van der Waals surface area contributed by atoms with E-state index in [0.717, 1.165) is 18.4 Å². The van der Waals surface area contributed by atoms with Crippen LogP contribution in [0.3, 0.4) is 0 Å². The molecule has 2 amide bonds. The van der Waals surface area contributed by atoms with Crippen LogP contribution in [-0.4, -0.2) is 63.6 Å². The minimum atomic E-state index is -0.804. The number of carboxylic acids is 1. The number of likely N-dealkylation sites (tertiary alicyclic amines) is 1. The Labute approximate surface area is 154 Å². The van der Waals surface area contributed by atoms with Crippen LogP contribution in [0.5, 0.6) is 0 Å². The molecule has 0 spiro atoms. The highest BCUT2D eigenvalue weighted by Crippen LogP contribution is 2.48. The summed E-state index contributed by atoms with van der Waals surface area (Å²) in [7, 11) is 0. The van der Waals surface area contributed by atoms with Gasteiger partial charge >= 0.3 is 12.0 Å². The third kappa shape index (κ3) is 3.67. The van der Waals surface area contributed by atoms with Crippen LogP contribution >= 0.6 is 0 Å². The van der Waals surface area contributed by atoms with E-state index in [1.54, 1.807) is 6.20 Å². The molecular formula is C19H28N4O3. The first-order valence-corrected chi connectivity index (χ1v) is 9.24. The van der Waals surface area contributed by atoms with E-state index in [2.05, 4.69) is 24.1 Å². The zero-order valence-corrected chi connectivity index (χ0v) is 15.7. The fourth-order valence-electron chi connectivity index (χ4n) is 4.22. The molecule has 26 heavy (non-hydrogen) atoms. The predicted molar refractivity (Wildman–Crippen MR) is 97.7 cm³/mol. The number of urea groups is 1. The molecule has 0 aromatic carbocycles. The van der Waals surface area contributed by atoms with Gasteiger partial charge in [0.05, 0.1) is 12.6 Å². The summed E-state index contributed by atoms with van der Waals surface area (Å²) in [6.45, 7) is 7.79. The van der Waals surface area contributed by atoms with Crippen LogP contribution in [0, 0.1) is 5.41 Å². The van der Waals surface area contributed by atoms with Crippen molar-refractivity contribution in [3.8, 4) is 0 Å². The van der Waals surface area contributed by atoms with Gasteiger partial charge < -0.3 is 15.3 Å². The Morgan fingerprint density at radius 2 is 2.15 bits per heavy atom. The second-order valence-electron chi connectivity index (χ2n) is 8.03. The van der Waals surface area contributed by atoms with Crippen molar-refractivity contribution < 1.29 is 14.7 Å². The fraction of sp³-hybridized carbons (Fsp3) is 0.632. The predicted octanol–water partition coefficient (Wildman–Crippen LogP) is 2.11. The Balaban J connectivity index is 1.54. The molecule has 0 bridgehead atoms. The number of aliphatic carboxylic acids is 1. The van der Waals surface area contributed by atoms with Crippen molar-refractivity contribution in [3.05, 3.63) is 30.1 Å². The molecule has 1 aromatic heterocycles. The summed E-state index contributed by atoms with van der Waals surface area (Å²) >= 11 is 0. The minimum Gasteiger partial charge on any atom is -0.480 e. The van der Waals surface area contributed by atoms with Gasteiger partial charge in [-0.25, -0.2) is 4.79 Å². The van der Waals surface area contributed by atoms with Crippen LogP contribution in [0.1, 0.15) is 45.2 Å². The van der Waals surface area contributed by atoms with E-state index in [4.69, 9.17) is 5.11 Å². The largest absolute Gasteiger partial charge is 0.480 e. The smallest absolute Gasteiger partial charge is 0.318 e. The molecule has 7 nitrogen and oxygen atoms in total. The van der Waals surface area contributed by atoms with E-state index >= 15 is 0 Å². The van der Waals surface area contributed by atoms with E-state index in [1.165, 1.54) is 0 Å². The second kappa shape index (κ2) is 7.23. The van der Waals surface area contributed by atoms with Crippen LogP contribution in [0.4, 0.5) is 4.79 Å². The fourth-order valence-corrected chi connectivity index (χ4v) is 4.22. The van der Waals surface area contributed by atoms with E-state index in [0.29, 0.717) is 13.1 Å². The normalized spacial score (nSPS) is 26.8. The van der Waals surface area contributed by atoms with E-state index in [-0.39, 0.29) is 36.1 Å². The number of likely N-dealkylation sites (N-methyl/N-ethyl adjacent to an activating group) is 1. The molecule has 2 heterocycles. The Bertz CT molecular complexity index is 658. The number of carboxylic acid groups (broad SMARTS) is 1. The van der Waals surface area contributed by atoms with Crippen LogP contribution in [0.25, 0.3) is 0 Å². The first kappa shape index (κ1) is 18.6. The van der Waals surface area contributed by atoms with Gasteiger partial charge in [0.25, 0.3) is 0 Å². The van der Waals surface area contributed by atoms with Gasteiger partial charge in [-0.05, 0) is 31.0 Å². The number of nitrogens with one attached hydrogen (secondary N) is 1. The van der Waals surface area contributed by atoms with Crippen LogP contribution in [0.15, 0.2) is 24.5 Å². The van der Waals surface area contributed by atoms with Gasteiger partial charge in [0.15, 0.2) is 0 Å². The number of carbonyl (C=O) groups excluding carboxylic acids is 1. The second-order valence-corrected chi connectivity index (χ2v) is 8.03. The third-order valence-electron chi connectivity index (χ3n) is 5.59. The standard InChI is InChI=1S/C19H28N4O3/c1-4-22(11-16(24)25)15-8-14(9-15)21-18(26)23-12-19(2,3)17(23)13-6-5-7-20-10-13/h5-7,10,14-15,17H,4,8-9,11-12H2,1-3H3,(H,21,26)(H,24,25). The van der Waals surface area contributed by atoms with Crippen LogP contribution < -0.4 is 5.32 Å². The van der Waals surface area contributed by atoms with Crippen LogP contribution in [0.2, 0.25) is 0 Å². The summed E-state index contributed by atoms with van der Waals surface area (Å²) in [5.74, 6) is -0.804. The Kier molecular flexibility index (Phi) is 5.18.